The number of fused-ring (bicyclic) bond motifs is 1. The maximum absolute atomic E-state index is 12.6. The summed E-state index contributed by atoms with van der Waals surface area (Å²) in [5.41, 5.74) is 4.18. The lowest BCUT2D eigenvalue weighted by molar-refractivity contribution is 0.104. The highest BCUT2D eigenvalue weighted by atomic mass is 16.1. The Balaban J connectivity index is 2.03. The highest BCUT2D eigenvalue weighted by Gasteiger charge is 2.33. The lowest BCUT2D eigenvalue weighted by Gasteiger charge is -2.40. The third-order valence-electron chi connectivity index (χ3n) is 4.92. The topological polar surface area (TPSA) is 29.1 Å². The Hall–Kier alpha value is -2.35. The molecule has 0 saturated heterocycles. The van der Waals surface area contributed by atoms with E-state index in [1.54, 1.807) is 6.08 Å². The van der Waals surface area contributed by atoms with E-state index < -0.39 is 0 Å². The van der Waals surface area contributed by atoms with Gasteiger partial charge in [-0.1, -0.05) is 68.4 Å². The Labute approximate surface area is 138 Å². The van der Waals surface area contributed by atoms with E-state index in [4.69, 9.17) is 0 Å². The second-order valence-corrected chi connectivity index (χ2v) is 6.23. The monoisotopic (exact) mass is 305 g/mol. The van der Waals surface area contributed by atoms with Crippen LogP contribution in [-0.2, 0) is 6.42 Å². The molecule has 0 aromatic heterocycles. The summed E-state index contributed by atoms with van der Waals surface area (Å²) in [6.07, 6.45) is 4.84. The maximum atomic E-state index is 12.6. The quantitative estimate of drug-likeness (QED) is 0.660. The Morgan fingerprint density at radius 1 is 1.04 bits per heavy atom. The number of benzene rings is 2. The third-order valence-corrected chi connectivity index (χ3v) is 4.92. The van der Waals surface area contributed by atoms with Crippen molar-refractivity contribution in [2.75, 3.05) is 0 Å². The summed E-state index contributed by atoms with van der Waals surface area (Å²) in [6, 6.07) is 17.8. The van der Waals surface area contributed by atoms with Crippen LogP contribution in [0, 0.1) is 0 Å². The van der Waals surface area contributed by atoms with Crippen LogP contribution in [0.25, 0.3) is 5.70 Å². The van der Waals surface area contributed by atoms with Crippen LogP contribution in [0.5, 0.6) is 0 Å². The van der Waals surface area contributed by atoms with Crippen molar-refractivity contribution in [2.24, 2.45) is 0 Å². The summed E-state index contributed by atoms with van der Waals surface area (Å²) < 4.78 is 0. The van der Waals surface area contributed by atoms with Gasteiger partial charge in [-0.2, -0.15) is 0 Å². The number of carbonyl (C=O) groups excluding carboxylic acids is 1. The first-order valence-electron chi connectivity index (χ1n) is 8.35. The fourth-order valence-corrected chi connectivity index (χ4v) is 3.31. The maximum Gasteiger partial charge on any atom is 0.187 e. The predicted molar refractivity (Wildman–Crippen MR) is 95.3 cm³/mol. The van der Waals surface area contributed by atoms with Gasteiger partial charge in [-0.15, -0.1) is 0 Å². The summed E-state index contributed by atoms with van der Waals surface area (Å²) >= 11 is 0. The minimum Gasteiger partial charge on any atom is -0.379 e. The molecule has 0 amide bonds. The molecular weight excluding hydrogens is 282 g/mol. The van der Waals surface area contributed by atoms with E-state index in [1.807, 2.05) is 36.4 Å². The van der Waals surface area contributed by atoms with Gasteiger partial charge in [-0.05, 0) is 24.8 Å². The van der Waals surface area contributed by atoms with Crippen molar-refractivity contribution in [1.29, 1.82) is 0 Å². The fourth-order valence-electron chi connectivity index (χ4n) is 3.31. The Morgan fingerprint density at radius 3 is 2.39 bits per heavy atom. The lowest BCUT2D eigenvalue weighted by Crippen LogP contribution is -2.48. The molecule has 2 nitrogen and oxygen atoms in total. The second-order valence-electron chi connectivity index (χ2n) is 6.23. The average molecular weight is 305 g/mol. The number of hydrogen-bond acceptors (Lipinski definition) is 2. The lowest BCUT2D eigenvalue weighted by atomic mass is 9.79. The van der Waals surface area contributed by atoms with E-state index in [2.05, 4.69) is 37.4 Å². The fraction of sp³-hybridized carbons (Fsp3) is 0.286. The first-order valence-corrected chi connectivity index (χ1v) is 8.35. The molecule has 0 saturated carbocycles. The molecule has 1 heterocycles. The molecule has 0 aliphatic carbocycles. The smallest absolute Gasteiger partial charge is 0.187 e. The van der Waals surface area contributed by atoms with E-state index in [1.165, 1.54) is 5.56 Å². The molecule has 2 aromatic rings. The number of nitrogens with one attached hydrogen (secondary N) is 1. The molecule has 0 bridgehead atoms. The number of carbonyl (C=O) groups is 1. The van der Waals surface area contributed by atoms with Gasteiger partial charge in [0.05, 0.1) is 0 Å². The zero-order valence-electron chi connectivity index (χ0n) is 13.8. The Morgan fingerprint density at radius 2 is 1.70 bits per heavy atom. The van der Waals surface area contributed by atoms with E-state index in [0.29, 0.717) is 0 Å². The molecule has 0 atom stereocenters. The van der Waals surface area contributed by atoms with Gasteiger partial charge in [-0.25, -0.2) is 0 Å². The predicted octanol–water partition coefficient (Wildman–Crippen LogP) is 4.61. The highest BCUT2D eigenvalue weighted by Crippen LogP contribution is 2.33. The molecule has 23 heavy (non-hydrogen) atoms. The van der Waals surface area contributed by atoms with Gasteiger partial charge in [0.1, 0.15) is 0 Å². The van der Waals surface area contributed by atoms with Crippen LogP contribution >= 0.6 is 0 Å². The molecule has 0 spiro atoms. The molecular formula is C21H23NO. The summed E-state index contributed by atoms with van der Waals surface area (Å²) in [5, 5.41) is 3.66. The largest absolute Gasteiger partial charge is 0.379 e. The third kappa shape index (κ3) is 3.07. The number of allylic oxidation sites excluding steroid dienone is 1. The second kappa shape index (κ2) is 6.41. The van der Waals surface area contributed by atoms with Gasteiger partial charge in [0.25, 0.3) is 0 Å². The van der Waals surface area contributed by atoms with Crippen LogP contribution in [0.2, 0.25) is 0 Å². The number of ketones is 1. The zero-order chi connectivity index (χ0) is 16.3. The van der Waals surface area contributed by atoms with Crippen LogP contribution in [0.1, 0.15) is 48.2 Å². The average Bonchev–Trinajstić information content (AvgIpc) is 2.62. The summed E-state index contributed by atoms with van der Waals surface area (Å²) in [6.45, 7) is 4.42. The van der Waals surface area contributed by atoms with Gasteiger partial charge in [-0.3, -0.25) is 4.79 Å². The summed E-state index contributed by atoms with van der Waals surface area (Å²) in [5.74, 6) is 0.0471. The number of hydrogen-bond donors (Lipinski definition) is 1. The van der Waals surface area contributed by atoms with Crippen LogP contribution in [0.3, 0.4) is 0 Å². The van der Waals surface area contributed by atoms with E-state index in [9.17, 15) is 4.79 Å². The minimum absolute atomic E-state index is 0.0388. The molecule has 0 radical (unpaired) electrons. The van der Waals surface area contributed by atoms with Crippen LogP contribution in [0.15, 0.2) is 60.7 Å². The molecule has 1 N–H and O–H groups in total. The molecule has 2 heteroatoms. The van der Waals surface area contributed by atoms with E-state index in [0.717, 1.165) is 36.1 Å². The Bertz CT molecular complexity index is 727. The van der Waals surface area contributed by atoms with Gasteiger partial charge < -0.3 is 5.32 Å². The number of rotatable bonds is 4. The molecule has 3 rings (SSSR count). The van der Waals surface area contributed by atoms with Crippen LogP contribution in [-0.4, -0.2) is 11.3 Å². The van der Waals surface area contributed by atoms with Crippen molar-refractivity contribution >= 4 is 11.5 Å². The summed E-state index contributed by atoms with van der Waals surface area (Å²) in [7, 11) is 0. The van der Waals surface area contributed by atoms with Gasteiger partial charge in [0.15, 0.2) is 5.78 Å². The van der Waals surface area contributed by atoms with E-state index in [-0.39, 0.29) is 11.3 Å². The molecule has 118 valence electrons. The standard InChI is InChI=1S/C21H23NO/c1-3-21(4-2)15-17-12-8-9-13-18(17)19(22-21)14-20(23)16-10-6-5-7-11-16/h5-14,22H,3-4,15H2,1-2H3. The van der Waals surface area contributed by atoms with Gasteiger partial charge in [0, 0.05) is 28.4 Å². The molecule has 0 unspecified atom stereocenters. The van der Waals surface area contributed by atoms with Gasteiger partial charge in [0.2, 0.25) is 0 Å². The van der Waals surface area contributed by atoms with Crippen LogP contribution in [0.4, 0.5) is 0 Å². The molecule has 1 aliphatic rings. The first-order chi connectivity index (χ1) is 11.2. The normalized spacial score (nSPS) is 17.4. The van der Waals surface area contributed by atoms with Crippen molar-refractivity contribution in [3.63, 3.8) is 0 Å². The van der Waals surface area contributed by atoms with E-state index >= 15 is 0 Å². The molecule has 2 aromatic carbocycles. The minimum atomic E-state index is 0.0388. The zero-order valence-corrected chi connectivity index (χ0v) is 13.8. The Kier molecular flexibility index (Phi) is 4.33. The molecule has 0 fully saturated rings. The van der Waals surface area contributed by atoms with Crippen molar-refractivity contribution in [1.82, 2.24) is 5.32 Å². The summed E-state index contributed by atoms with van der Waals surface area (Å²) in [4.78, 5) is 12.6. The SMILES string of the molecule is CCC1(CC)Cc2ccccc2C(=CC(=O)c2ccccc2)N1. The van der Waals surface area contributed by atoms with Crippen LogP contribution < -0.4 is 5.32 Å². The van der Waals surface area contributed by atoms with Crippen molar-refractivity contribution < 1.29 is 4.79 Å². The van der Waals surface area contributed by atoms with Crippen molar-refractivity contribution in [3.8, 4) is 0 Å². The van der Waals surface area contributed by atoms with Crippen molar-refractivity contribution in [2.45, 2.75) is 38.6 Å². The van der Waals surface area contributed by atoms with Crippen molar-refractivity contribution in [3.05, 3.63) is 77.4 Å². The first kappa shape index (κ1) is 15.5. The highest BCUT2D eigenvalue weighted by molar-refractivity contribution is 6.08. The van der Waals surface area contributed by atoms with Gasteiger partial charge >= 0.3 is 0 Å². The molecule has 1 aliphatic heterocycles.